The number of hydrogen-bond acceptors (Lipinski definition) is 3. The lowest BCUT2D eigenvalue weighted by atomic mass is 10.2. The van der Waals surface area contributed by atoms with Crippen LogP contribution in [-0.2, 0) is 13.2 Å². The van der Waals surface area contributed by atoms with Crippen LogP contribution < -0.4 is 14.8 Å². The lowest BCUT2D eigenvalue weighted by molar-refractivity contribution is 0.306. The normalized spacial score (nSPS) is 10.6. The van der Waals surface area contributed by atoms with Gasteiger partial charge in [0.05, 0.1) is 10.0 Å². The third kappa shape index (κ3) is 5.94. The molecule has 0 saturated heterocycles. The van der Waals surface area contributed by atoms with Crippen molar-refractivity contribution in [2.45, 2.75) is 13.2 Å². The minimum absolute atomic E-state index is 0.173. The number of rotatable bonds is 8. The van der Waals surface area contributed by atoms with E-state index in [0.29, 0.717) is 27.9 Å². The van der Waals surface area contributed by atoms with Crippen LogP contribution >= 0.6 is 23.2 Å². The van der Waals surface area contributed by atoms with Gasteiger partial charge in [0.15, 0.2) is 5.75 Å². The lowest BCUT2D eigenvalue weighted by Crippen LogP contribution is -2.01. The van der Waals surface area contributed by atoms with Crippen LogP contribution in [0.4, 0.5) is 10.1 Å². The number of nitrogens with one attached hydrogen (secondary N) is 1. The molecule has 0 fully saturated rings. The molecule has 0 atom stereocenters. The summed E-state index contributed by atoms with van der Waals surface area (Å²) in [6.45, 7) is 0.703. The number of anilines is 1. The molecule has 0 aromatic heterocycles. The molecular formula is C26H20Cl2FNO2. The summed E-state index contributed by atoms with van der Waals surface area (Å²) in [5.41, 5.74) is 2.54. The summed E-state index contributed by atoms with van der Waals surface area (Å²) in [7, 11) is 0. The summed E-state index contributed by atoms with van der Waals surface area (Å²) in [5, 5.41) is 4.14. The van der Waals surface area contributed by atoms with E-state index in [1.165, 1.54) is 12.1 Å². The van der Waals surface area contributed by atoms with Gasteiger partial charge in [0, 0.05) is 12.2 Å². The third-order valence-corrected chi connectivity index (χ3v) is 5.22. The zero-order valence-corrected chi connectivity index (χ0v) is 18.5. The van der Waals surface area contributed by atoms with Gasteiger partial charge in [0.25, 0.3) is 0 Å². The minimum Gasteiger partial charge on any atom is -0.486 e. The lowest BCUT2D eigenvalue weighted by Gasteiger charge is -2.13. The summed E-state index contributed by atoms with van der Waals surface area (Å²) in [6.07, 6.45) is 0. The smallest absolute Gasteiger partial charge is 0.156 e. The number of benzene rings is 4. The Bertz CT molecular complexity index is 1160. The monoisotopic (exact) mass is 467 g/mol. The Hall–Kier alpha value is -3.21. The summed E-state index contributed by atoms with van der Waals surface area (Å²) in [4.78, 5) is 0. The molecule has 0 bridgehead atoms. The molecule has 0 saturated carbocycles. The Balaban J connectivity index is 1.35. The highest BCUT2D eigenvalue weighted by Gasteiger charge is 2.11. The predicted octanol–water partition coefficient (Wildman–Crippen LogP) is 8.12. The number of para-hydroxylation sites is 1. The van der Waals surface area contributed by atoms with Gasteiger partial charge in [-0.15, -0.1) is 0 Å². The second-order valence-corrected chi connectivity index (χ2v) is 7.91. The van der Waals surface area contributed by atoms with Crippen LogP contribution in [0.3, 0.4) is 0 Å². The van der Waals surface area contributed by atoms with Gasteiger partial charge in [-0.1, -0.05) is 53.5 Å². The first kappa shape index (κ1) is 22.0. The molecule has 0 radical (unpaired) electrons. The first-order valence-electron chi connectivity index (χ1n) is 9.99. The summed E-state index contributed by atoms with van der Waals surface area (Å²) >= 11 is 12.8. The second kappa shape index (κ2) is 10.4. The third-order valence-electron chi connectivity index (χ3n) is 4.66. The van der Waals surface area contributed by atoms with Crippen LogP contribution in [0.5, 0.6) is 17.2 Å². The van der Waals surface area contributed by atoms with E-state index in [4.69, 9.17) is 32.7 Å². The molecule has 162 valence electrons. The highest BCUT2D eigenvalue weighted by molar-refractivity contribution is 6.37. The fourth-order valence-electron chi connectivity index (χ4n) is 3.10. The molecule has 0 aliphatic rings. The van der Waals surface area contributed by atoms with Gasteiger partial charge in [-0.25, -0.2) is 4.39 Å². The predicted molar refractivity (Wildman–Crippen MR) is 127 cm³/mol. The van der Waals surface area contributed by atoms with E-state index in [0.717, 1.165) is 22.7 Å². The highest BCUT2D eigenvalue weighted by Crippen LogP contribution is 2.35. The maximum absolute atomic E-state index is 13.3. The van der Waals surface area contributed by atoms with Crippen molar-refractivity contribution in [1.82, 2.24) is 0 Å². The highest BCUT2D eigenvalue weighted by atomic mass is 35.5. The quantitative estimate of drug-likeness (QED) is 0.283. The summed E-state index contributed by atoms with van der Waals surface area (Å²) in [5.74, 6) is 1.61. The molecule has 32 heavy (non-hydrogen) atoms. The van der Waals surface area contributed by atoms with Gasteiger partial charge < -0.3 is 14.8 Å². The molecule has 4 aromatic rings. The van der Waals surface area contributed by atoms with Gasteiger partial charge in [0.1, 0.15) is 23.9 Å². The first-order chi connectivity index (χ1) is 15.6. The first-order valence-corrected chi connectivity index (χ1v) is 10.7. The Kier molecular flexibility index (Phi) is 7.15. The van der Waals surface area contributed by atoms with Gasteiger partial charge >= 0.3 is 0 Å². The van der Waals surface area contributed by atoms with Gasteiger partial charge in [-0.05, 0) is 71.8 Å². The van der Waals surface area contributed by atoms with Crippen LogP contribution in [0.15, 0.2) is 91.0 Å². The van der Waals surface area contributed by atoms with E-state index in [1.54, 1.807) is 24.3 Å². The van der Waals surface area contributed by atoms with Gasteiger partial charge in [-0.2, -0.15) is 0 Å². The van der Waals surface area contributed by atoms with Crippen LogP contribution in [0.25, 0.3) is 0 Å². The van der Waals surface area contributed by atoms with Crippen LogP contribution in [0.2, 0.25) is 10.0 Å². The SMILES string of the molecule is Fc1cccc(COc2c(Cl)cc(CNc3ccc(Oc4ccccc4)cc3)cc2Cl)c1. The summed E-state index contributed by atoms with van der Waals surface area (Å²) in [6, 6.07) is 27.1. The number of hydrogen-bond donors (Lipinski definition) is 1. The van der Waals surface area contributed by atoms with E-state index >= 15 is 0 Å². The minimum atomic E-state index is -0.315. The Morgan fingerprint density at radius 3 is 2.09 bits per heavy atom. The van der Waals surface area contributed by atoms with Gasteiger partial charge in [-0.3, -0.25) is 0 Å². The topological polar surface area (TPSA) is 30.5 Å². The van der Waals surface area contributed by atoms with Crippen molar-refractivity contribution in [3.63, 3.8) is 0 Å². The maximum Gasteiger partial charge on any atom is 0.156 e. The number of ether oxygens (including phenoxy) is 2. The molecule has 0 aliphatic carbocycles. The maximum atomic E-state index is 13.3. The van der Waals surface area contributed by atoms with Crippen molar-refractivity contribution in [2.24, 2.45) is 0 Å². The van der Waals surface area contributed by atoms with Crippen molar-refractivity contribution in [2.75, 3.05) is 5.32 Å². The average Bonchev–Trinajstić information content (AvgIpc) is 2.79. The molecule has 0 amide bonds. The Labute approximate surface area is 196 Å². The zero-order valence-electron chi connectivity index (χ0n) is 17.0. The van der Waals surface area contributed by atoms with Crippen molar-refractivity contribution >= 4 is 28.9 Å². The Morgan fingerprint density at radius 2 is 1.41 bits per heavy atom. The zero-order chi connectivity index (χ0) is 22.3. The van der Waals surface area contributed by atoms with Gasteiger partial charge in [0.2, 0.25) is 0 Å². The van der Waals surface area contributed by atoms with Crippen molar-refractivity contribution in [3.8, 4) is 17.2 Å². The molecule has 0 unspecified atom stereocenters. The molecule has 4 aromatic carbocycles. The van der Waals surface area contributed by atoms with E-state index in [-0.39, 0.29) is 12.4 Å². The molecular weight excluding hydrogens is 448 g/mol. The van der Waals surface area contributed by atoms with Crippen molar-refractivity contribution in [3.05, 3.63) is 118 Å². The van der Waals surface area contributed by atoms with E-state index in [1.807, 2.05) is 54.6 Å². The van der Waals surface area contributed by atoms with Crippen LogP contribution in [-0.4, -0.2) is 0 Å². The standard InChI is InChI=1S/C26H20Cl2FNO2/c27-24-14-19(15-25(28)26(24)31-17-18-5-4-6-20(29)13-18)16-30-21-9-11-23(12-10-21)32-22-7-2-1-3-8-22/h1-15,30H,16-17H2. The molecule has 6 heteroatoms. The van der Waals surface area contributed by atoms with Crippen molar-refractivity contribution in [1.29, 1.82) is 0 Å². The van der Waals surface area contributed by atoms with E-state index in [9.17, 15) is 4.39 Å². The second-order valence-electron chi connectivity index (χ2n) is 7.10. The largest absolute Gasteiger partial charge is 0.486 e. The van der Waals surface area contributed by atoms with E-state index in [2.05, 4.69) is 5.32 Å². The molecule has 4 rings (SSSR count). The summed E-state index contributed by atoms with van der Waals surface area (Å²) < 4.78 is 24.9. The Morgan fingerprint density at radius 1 is 0.719 bits per heavy atom. The van der Waals surface area contributed by atoms with Crippen LogP contribution in [0.1, 0.15) is 11.1 Å². The number of halogens is 3. The molecule has 1 N–H and O–H groups in total. The molecule has 0 aliphatic heterocycles. The fourth-order valence-corrected chi connectivity index (χ4v) is 3.75. The van der Waals surface area contributed by atoms with Crippen LogP contribution in [0, 0.1) is 5.82 Å². The van der Waals surface area contributed by atoms with Crippen molar-refractivity contribution < 1.29 is 13.9 Å². The molecule has 0 spiro atoms. The molecule has 0 heterocycles. The fraction of sp³-hybridized carbons (Fsp3) is 0.0769. The molecule has 3 nitrogen and oxygen atoms in total. The van der Waals surface area contributed by atoms with E-state index < -0.39 is 0 Å². The average molecular weight is 468 g/mol.